The molecule has 0 N–H and O–H groups in total. The van der Waals surface area contributed by atoms with Crippen molar-refractivity contribution in [1.82, 2.24) is 0 Å². The fraction of sp³-hybridized carbons (Fsp3) is 0.316. The van der Waals surface area contributed by atoms with E-state index in [2.05, 4.69) is 36.4 Å². The predicted molar refractivity (Wildman–Crippen MR) is 90.8 cm³/mol. The molecule has 0 radical (unpaired) electrons. The first-order valence-corrected chi connectivity index (χ1v) is 9.75. The topological polar surface area (TPSA) is 35.5 Å². The van der Waals surface area contributed by atoms with Crippen LogP contribution in [0.1, 0.15) is 12.0 Å². The molecule has 3 nitrogen and oxygen atoms in total. The van der Waals surface area contributed by atoms with Gasteiger partial charge in [-0.1, -0.05) is 0 Å². The van der Waals surface area contributed by atoms with Crippen LogP contribution in [0, 0.1) is 5.92 Å². The molecule has 2 atom stereocenters. The van der Waals surface area contributed by atoms with Crippen LogP contribution in [0.4, 0.5) is 0 Å². The zero-order valence-corrected chi connectivity index (χ0v) is 14.8. The Labute approximate surface area is 143 Å². The molecule has 0 spiro atoms. The van der Waals surface area contributed by atoms with Crippen molar-refractivity contribution in [2.24, 2.45) is 5.92 Å². The zero-order chi connectivity index (χ0) is 16.1. The average Bonchev–Trinajstić information content (AvgIpc) is 3.07. The van der Waals surface area contributed by atoms with Crippen molar-refractivity contribution in [3.63, 3.8) is 0 Å². The Morgan fingerprint density at radius 2 is 1.83 bits per heavy atom. The summed E-state index contributed by atoms with van der Waals surface area (Å²) in [7, 11) is 1.44. The number of carbonyl (C=O) groups excluding carboxylic acids is 1. The van der Waals surface area contributed by atoms with Gasteiger partial charge in [0.1, 0.15) is 0 Å². The van der Waals surface area contributed by atoms with Gasteiger partial charge in [-0.25, -0.2) is 0 Å². The SMILES string of the molecule is COC(=O)C1COC(C[Se]c2ccccc2)(c2ccccc2)C1. The Hall–Kier alpha value is -1.61. The van der Waals surface area contributed by atoms with E-state index in [1.165, 1.54) is 11.6 Å². The number of esters is 1. The second-order valence-corrected chi connectivity index (χ2v) is 7.90. The fourth-order valence-corrected chi connectivity index (χ4v) is 5.28. The molecule has 1 fully saturated rings. The van der Waals surface area contributed by atoms with Crippen molar-refractivity contribution < 1.29 is 14.3 Å². The molecular weight excluding hydrogens is 355 g/mol. The Morgan fingerprint density at radius 1 is 1.17 bits per heavy atom. The van der Waals surface area contributed by atoms with Crippen LogP contribution in [0.15, 0.2) is 60.7 Å². The molecule has 120 valence electrons. The molecule has 1 aliphatic heterocycles. The second-order valence-electron chi connectivity index (χ2n) is 5.70. The Kier molecular flexibility index (Phi) is 5.16. The molecule has 3 rings (SSSR count). The molecule has 2 unspecified atom stereocenters. The van der Waals surface area contributed by atoms with E-state index >= 15 is 0 Å². The van der Waals surface area contributed by atoms with Crippen LogP contribution in [-0.4, -0.2) is 34.6 Å². The number of rotatable bonds is 5. The monoisotopic (exact) mass is 376 g/mol. The van der Waals surface area contributed by atoms with Gasteiger partial charge in [0.05, 0.1) is 0 Å². The van der Waals surface area contributed by atoms with Gasteiger partial charge in [0, 0.05) is 0 Å². The van der Waals surface area contributed by atoms with Crippen molar-refractivity contribution in [1.29, 1.82) is 0 Å². The molecular formula is C19H20O3Se. The van der Waals surface area contributed by atoms with Crippen molar-refractivity contribution in [3.05, 3.63) is 66.2 Å². The van der Waals surface area contributed by atoms with Gasteiger partial charge in [-0.05, 0) is 0 Å². The van der Waals surface area contributed by atoms with Crippen LogP contribution in [-0.2, 0) is 19.9 Å². The van der Waals surface area contributed by atoms with Crippen LogP contribution >= 0.6 is 0 Å². The van der Waals surface area contributed by atoms with Crippen molar-refractivity contribution in [2.75, 3.05) is 13.7 Å². The number of hydrogen-bond acceptors (Lipinski definition) is 3. The summed E-state index contributed by atoms with van der Waals surface area (Å²) in [6.07, 6.45) is 0.693. The standard InChI is InChI=1S/C19H20O3Se/c1-21-18(20)15-12-19(22-13-15,16-8-4-2-5-9-16)14-23-17-10-6-3-7-11-17/h2-11,15H,12-14H2,1H3. The molecule has 4 heteroatoms. The van der Waals surface area contributed by atoms with Gasteiger partial charge >= 0.3 is 143 Å². The minimum atomic E-state index is -0.379. The summed E-state index contributed by atoms with van der Waals surface area (Å²) in [4.78, 5) is 11.9. The summed E-state index contributed by atoms with van der Waals surface area (Å²) in [5.41, 5.74) is 0.778. The zero-order valence-electron chi connectivity index (χ0n) is 13.1. The molecule has 0 amide bonds. The summed E-state index contributed by atoms with van der Waals surface area (Å²) in [5, 5.41) is 0.918. The molecule has 0 saturated carbocycles. The van der Waals surface area contributed by atoms with Gasteiger partial charge < -0.3 is 0 Å². The molecule has 0 aliphatic carbocycles. The van der Waals surface area contributed by atoms with Crippen molar-refractivity contribution in [2.45, 2.75) is 17.3 Å². The Balaban J connectivity index is 1.82. The summed E-state index contributed by atoms with van der Waals surface area (Å²) >= 11 is 0.294. The number of benzene rings is 2. The van der Waals surface area contributed by atoms with Crippen LogP contribution in [0.3, 0.4) is 0 Å². The average molecular weight is 375 g/mol. The summed E-state index contributed by atoms with van der Waals surface area (Å²) in [6.45, 7) is 0.437. The molecule has 23 heavy (non-hydrogen) atoms. The molecule has 0 bridgehead atoms. The van der Waals surface area contributed by atoms with E-state index < -0.39 is 0 Å². The normalized spacial score (nSPS) is 23.6. The third kappa shape index (κ3) is 3.66. The number of hydrogen-bond donors (Lipinski definition) is 0. The fourth-order valence-electron chi connectivity index (χ4n) is 2.94. The minimum absolute atomic E-state index is 0.171. The van der Waals surface area contributed by atoms with E-state index in [0.717, 1.165) is 10.9 Å². The maximum atomic E-state index is 11.9. The van der Waals surface area contributed by atoms with Gasteiger partial charge in [0.15, 0.2) is 0 Å². The van der Waals surface area contributed by atoms with Crippen LogP contribution in [0.25, 0.3) is 0 Å². The van der Waals surface area contributed by atoms with Gasteiger partial charge in [-0.2, -0.15) is 0 Å². The first-order valence-electron chi connectivity index (χ1n) is 7.69. The molecule has 1 heterocycles. The summed E-state index contributed by atoms with van der Waals surface area (Å²) < 4.78 is 12.5. The summed E-state index contributed by atoms with van der Waals surface area (Å²) in [6, 6.07) is 20.7. The molecule has 0 aromatic heterocycles. The van der Waals surface area contributed by atoms with E-state index in [1.807, 2.05) is 24.3 Å². The Bertz CT molecular complexity index is 644. The first-order chi connectivity index (χ1) is 11.2. The molecule has 1 aliphatic rings. The van der Waals surface area contributed by atoms with Crippen LogP contribution in [0.2, 0.25) is 5.32 Å². The van der Waals surface area contributed by atoms with E-state index in [0.29, 0.717) is 28.0 Å². The van der Waals surface area contributed by atoms with Gasteiger partial charge in [0.2, 0.25) is 0 Å². The molecule has 1 saturated heterocycles. The Morgan fingerprint density at radius 3 is 2.48 bits per heavy atom. The van der Waals surface area contributed by atoms with Gasteiger partial charge in [-0.3, -0.25) is 0 Å². The summed E-state index contributed by atoms with van der Waals surface area (Å²) in [5.74, 6) is -0.346. The first kappa shape index (κ1) is 16.3. The molecule has 2 aromatic rings. The van der Waals surface area contributed by atoms with Gasteiger partial charge in [0.25, 0.3) is 0 Å². The third-order valence-corrected chi connectivity index (χ3v) is 6.74. The third-order valence-electron chi connectivity index (χ3n) is 4.19. The van der Waals surface area contributed by atoms with E-state index in [9.17, 15) is 4.79 Å². The van der Waals surface area contributed by atoms with Crippen molar-refractivity contribution >= 4 is 25.4 Å². The number of carbonyl (C=O) groups is 1. The van der Waals surface area contributed by atoms with Crippen LogP contribution in [0.5, 0.6) is 0 Å². The van der Waals surface area contributed by atoms with Crippen molar-refractivity contribution in [3.8, 4) is 0 Å². The number of methoxy groups -OCH3 is 1. The number of ether oxygens (including phenoxy) is 2. The van der Waals surface area contributed by atoms with E-state index in [1.54, 1.807) is 0 Å². The van der Waals surface area contributed by atoms with E-state index in [-0.39, 0.29) is 17.5 Å². The van der Waals surface area contributed by atoms with Gasteiger partial charge in [-0.15, -0.1) is 0 Å². The second kappa shape index (κ2) is 7.31. The quantitative estimate of drug-likeness (QED) is 0.595. The molecule has 2 aromatic carbocycles. The van der Waals surface area contributed by atoms with E-state index in [4.69, 9.17) is 9.47 Å². The van der Waals surface area contributed by atoms with Crippen LogP contribution < -0.4 is 4.46 Å². The maximum absolute atomic E-state index is 11.9. The predicted octanol–water partition coefficient (Wildman–Crippen LogP) is 2.54.